The van der Waals surface area contributed by atoms with Crippen LogP contribution in [-0.2, 0) is 7.05 Å². The number of halogens is 2. The topological polar surface area (TPSA) is 55.9 Å². The molecule has 0 saturated carbocycles. The summed E-state index contributed by atoms with van der Waals surface area (Å²) >= 11 is 0. The molecule has 3 N–H and O–H groups in total. The highest BCUT2D eigenvalue weighted by Gasteiger charge is 2.22. The van der Waals surface area contributed by atoms with Crippen LogP contribution in [0.4, 0.5) is 8.78 Å². The fourth-order valence-corrected chi connectivity index (χ4v) is 0.886. The molecule has 68 valence electrons. The number of aryl methyl sites for hydroxylation is 1. The van der Waals surface area contributed by atoms with E-state index in [1.54, 1.807) is 13.2 Å². The van der Waals surface area contributed by atoms with Crippen molar-refractivity contribution in [2.75, 3.05) is 0 Å². The van der Waals surface area contributed by atoms with Gasteiger partial charge in [0.15, 0.2) is 0 Å². The third-order valence-corrected chi connectivity index (χ3v) is 1.48. The van der Waals surface area contributed by atoms with Crippen LogP contribution in [0.3, 0.4) is 0 Å². The second kappa shape index (κ2) is 3.59. The Balaban J connectivity index is 2.80. The summed E-state index contributed by atoms with van der Waals surface area (Å²) in [5.41, 5.74) is 2.25. The van der Waals surface area contributed by atoms with Gasteiger partial charge < -0.3 is 0 Å². The van der Waals surface area contributed by atoms with Crippen molar-refractivity contribution >= 4 is 0 Å². The van der Waals surface area contributed by atoms with Gasteiger partial charge in [0.1, 0.15) is 6.04 Å². The van der Waals surface area contributed by atoms with Gasteiger partial charge in [0, 0.05) is 13.2 Å². The zero-order valence-corrected chi connectivity index (χ0v) is 6.54. The lowest BCUT2D eigenvalue weighted by atomic mass is 10.2. The largest absolute Gasteiger partial charge is 0.275 e. The molecule has 0 aliphatic rings. The van der Waals surface area contributed by atoms with E-state index in [1.165, 1.54) is 10.7 Å². The first-order valence-electron chi connectivity index (χ1n) is 3.39. The third kappa shape index (κ3) is 1.77. The number of hydrazine groups is 1. The molecule has 1 aromatic heterocycles. The van der Waals surface area contributed by atoms with Crippen molar-refractivity contribution in [3.8, 4) is 0 Å². The lowest BCUT2D eigenvalue weighted by Crippen LogP contribution is -2.33. The van der Waals surface area contributed by atoms with Crippen molar-refractivity contribution in [3.05, 3.63) is 18.0 Å². The summed E-state index contributed by atoms with van der Waals surface area (Å²) in [6.07, 6.45) is -0.966. The summed E-state index contributed by atoms with van der Waals surface area (Å²) in [7, 11) is 1.66. The van der Waals surface area contributed by atoms with Crippen LogP contribution in [0.25, 0.3) is 0 Å². The van der Waals surface area contributed by atoms with Gasteiger partial charge in [0.05, 0.1) is 5.69 Å². The van der Waals surface area contributed by atoms with Gasteiger partial charge >= 0.3 is 0 Å². The van der Waals surface area contributed by atoms with Crippen molar-refractivity contribution < 1.29 is 8.78 Å². The molecule has 4 nitrogen and oxygen atoms in total. The zero-order valence-electron chi connectivity index (χ0n) is 6.54. The maximum absolute atomic E-state index is 12.2. The van der Waals surface area contributed by atoms with Crippen LogP contribution in [0.5, 0.6) is 0 Å². The van der Waals surface area contributed by atoms with Gasteiger partial charge in [-0.25, -0.2) is 14.2 Å². The Morgan fingerprint density at radius 3 is 2.67 bits per heavy atom. The van der Waals surface area contributed by atoms with Gasteiger partial charge in [-0.1, -0.05) is 0 Å². The van der Waals surface area contributed by atoms with Crippen LogP contribution < -0.4 is 11.3 Å². The molecule has 0 spiro atoms. The Hall–Kier alpha value is -1.01. The van der Waals surface area contributed by atoms with Crippen LogP contribution in [0.1, 0.15) is 11.7 Å². The van der Waals surface area contributed by atoms with Crippen LogP contribution in [0.2, 0.25) is 0 Å². The van der Waals surface area contributed by atoms with Crippen molar-refractivity contribution in [1.82, 2.24) is 15.2 Å². The number of alkyl halides is 2. The van der Waals surface area contributed by atoms with Gasteiger partial charge in [0.25, 0.3) is 6.43 Å². The van der Waals surface area contributed by atoms with Crippen LogP contribution in [0, 0.1) is 0 Å². The van der Waals surface area contributed by atoms with Crippen LogP contribution in [0.15, 0.2) is 12.3 Å². The fraction of sp³-hybridized carbons (Fsp3) is 0.500. The molecule has 0 bridgehead atoms. The number of rotatable bonds is 3. The summed E-state index contributed by atoms with van der Waals surface area (Å²) < 4.78 is 25.9. The Kier molecular flexibility index (Phi) is 2.72. The van der Waals surface area contributed by atoms with Gasteiger partial charge in [0.2, 0.25) is 0 Å². The first-order chi connectivity index (χ1) is 5.65. The second-order valence-corrected chi connectivity index (χ2v) is 2.39. The smallest absolute Gasteiger partial charge is 0.260 e. The SMILES string of the molecule is Cn1ccc(C(NN)C(F)F)n1. The number of hydrogen-bond donors (Lipinski definition) is 2. The molecule has 0 aliphatic heterocycles. The van der Waals surface area contributed by atoms with Gasteiger partial charge in [-0.3, -0.25) is 10.5 Å². The summed E-state index contributed by atoms with van der Waals surface area (Å²) in [4.78, 5) is 0. The predicted molar refractivity (Wildman–Crippen MR) is 39.3 cm³/mol. The maximum atomic E-state index is 12.2. The minimum Gasteiger partial charge on any atom is -0.275 e. The van der Waals surface area contributed by atoms with E-state index >= 15 is 0 Å². The highest BCUT2D eigenvalue weighted by molar-refractivity contribution is 5.05. The van der Waals surface area contributed by atoms with E-state index < -0.39 is 12.5 Å². The van der Waals surface area contributed by atoms with Crippen molar-refractivity contribution in [2.45, 2.75) is 12.5 Å². The Labute approximate surface area is 68.3 Å². The van der Waals surface area contributed by atoms with E-state index in [1.807, 2.05) is 5.43 Å². The molecule has 12 heavy (non-hydrogen) atoms. The average molecular weight is 176 g/mol. The molecule has 6 heteroatoms. The molecular formula is C6H10F2N4. The van der Waals surface area contributed by atoms with Gasteiger partial charge in [-0.15, -0.1) is 0 Å². The van der Waals surface area contributed by atoms with Crippen molar-refractivity contribution in [2.24, 2.45) is 12.9 Å². The molecule has 0 saturated heterocycles. The van der Waals surface area contributed by atoms with Crippen LogP contribution >= 0.6 is 0 Å². The van der Waals surface area contributed by atoms with E-state index in [0.717, 1.165) is 0 Å². The Bertz CT molecular complexity index is 247. The summed E-state index contributed by atoms with van der Waals surface area (Å²) in [6, 6.07) is 0.308. The number of nitrogens with one attached hydrogen (secondary N) is 1. The highest BCUT2D eigenvalue weighted by atomic mass is 19.3. The fourth-order valence-electron chi connectivity index (χ4n) is 0.886. The molecule has 1 unspecified atom stereocenters. The first-order valence-corrected chi connectivity index (χ1v) is 3.39. The van der Waals surface area contributed by atoms with Crippen molar-refractivity contribution in [3.63, 3.8) is 0 Å². The van der Waals surface area contributed by atoms with E-state index in [4.69, 9.17) is 5.84 Å². The lowest BCUT2D eigenvalue weighted by Gasteiger charge is -2.10. The minimum atomic E-state index is -2.55. The molecule has 1 atom stereocenters. The summed E-state index contributed by atoms with van der Waals surface area (Å²) in [6.45, 7) is 0. The number of hydrogen-bond acceptors (Lipinski definition) is 3. The molecule has 0 aromatic carbocycles. The summed E-state index contributed by atoms with van der Waals surface area (Å²) in [5, 5.41) is 3.80. The normalized spacial score (nSPS) is 13.8. The maximum Gasteiger partial charge on any atom is 0.260 e. The standard InChI is InChI=1S/C6H10F2N4/c1-12-3-2-4(11-12)5(10-9)6(7)8/h2-3,5-6,10H,9H2,1H3. The molecule has 0 amide bonds. The van der Waals surface area contributed by atoms with E-state index in [-0.39, 0.29) is 5.69 Å². The third-order valence-electron chi connectivity index (χ3n) is 1.48. The predicted octanol–water partition coefficient (Wildman–Crippen LogP) is 0.190. The molecule has 0 aliphatic carbocycles. The Morgan fingerprint density at radius 2 is 2.33 bits per heavy atom. The lowest BCUT2D eigenvalue weighted by molar-refractivity contribution is 0.0965. The quantitative estimate of drug-likeness (QED) is 0.510. The minimum absolute atomic E-state index is 0.245. The van der Waals surface area contributed by atoms with E-state index in [9.17, 15) is 8.78 Å². The zero-order chi connectivity index (χ0) is 9.14. The molecule has 0 radical (unpaired) electrons. The van der Waals surface area contributed by atoms with E-state index in [0.29, 0.717) is 0 Å². The number of nitrogens with two attached hydrogens (primary N) is 1. The molecule has 1 rings (SSSR count). The molecular weight excluding hydrogens is 166 g/mol. The average Bonchev–Trinajstić information content (AvgIpc) is 2.37. The molecule has 1 heterocycles. The first kappa shape index (κ1) is 9.08. The van der Waals surface area contributed by atoms with Gasteiger partial charge in [-0.2, -0.15) is 5.10 Å². The monoisotopic (exact) mass is 176 g/mol. The number of aromatic nitrogens is 2. The Morgan fingerprint density at radius 1 is 1.67 bits per heavy atom. The molecule has 0 fully saturated rings. The molecule has 1 aromatic rings. The van der Waals surface area contributed by atoms with Crippen LogP contribution in [-0.4, -0.2) is 16.2 Å². The van der Waals surface area contributed by atoms with Gasteiger partial charge in [-0.05, 0) is 6.07 Å². The van der Waals surface area contributed by atoms with Crippen molar-refractivity contribution in [1.29, 1.82) is 0 Å². The van der Waals surface area contributed by atoms with E-state index in [2.05, 4.69) is 5.10 Å². The highest BCUT2D eigenvalue weighted by Crippen LogP contribution is 2.16. The second-order valence-electron chi connectivity index (χ2n) is 2.39. The number of nitrogens with zero attached hydrogens (tertiary/aromatic N) is 2. The summed E-state index contributed by atoms with van der Waals surface area (Å²) in [5.74, 6) is 4.94.